The predicted octanol–water partition coefficient (Wildman–Crippen LogP) is 1.38. The molecular weight excluding hydrogens is 356 g/mol. The zero-order valence-electron chi connectivity index (χ0n) is 16.0. The molecule has 8 heteroatoms. The Morgan fingerprint density at radius 2 is 1.89 bits per heavy atom. The molecule has 2 aromatic heterocycles. The first-order valence-corrected chi connectivity index (χ1v) is 9.82. The molecule has 0 aliphatic carbocycles. The molecule has 0 N–H and O–H groups in total. The standard InChI is InChI=1S/C20H24N6O2/c1-23-17-6-7-26(20(27)16(17)14-21-23)13-10-24-8-11-25(12-9-24)19-15-4-2-3-5-18(15)28-22-19/h2-5,14H,6-13H2,1H3. The third-order valence-electron chi connectivity index (χ3n) is 5.91. The van der Waals surface area contributed by atoms with Crippen LogP contribution in [0, 0.1) is 0 Å². The molecule has 8 nitrogen and oxygen atoms in total. The van der Waals surface area contributed by atoms with Gasteiger partial charge in [-0.2, -0.15) is 5.10 Å². The van der Waals surface area contributed by atoms with Crippen LogP contribution in [-0.2, 0) is 13.5 Å². The molecule has 1 saturated heterocycles. The lowest BCUT2D eigenvalue weighted by Gasteiger charge is -2.36. The average Bonchev–Trinajstić information content (AvgIpc) is 3.32. The number of piperazine rings is 1. The maximum absolute atomic E-state index is 12.7. The fourth-order valence-electron chi connectivity index (χ4n) is 4.21. The van der Waals surface area contributed by atoms with Crippen molar-refractivity contribution in [1.29, 1.82) is 0 Å². The number of carbonyl (C=O) groups is 1. The second-order valence-electron chi connectivity index (χ2n) is 7.50. The molecule has 1 fully saturated rings. The molecule has 0 atom stereocenters. The lowest BCUT2D eigenvalue weighted by Crippen LogP contribution is -2.50. The lowest BCUT2D eigenvalue weighted by atomic mass is 10.1. The van der Waals surface area contributed by atoms with Crippen LogP contribution in [0.1, 0.15) is 16.1 Å². The first-order valence-electron chi connectivity index (χ1n) is 9.82. The number of nitrogens with zero attached hydrogens (tertiary/aromatic N) is 6. The third-order valence-corrected chi connectivity index (χ3v) is 5.91. The van der Waals surface area contributed by atoms with Crippen LogP contribution in [-0.4, -0.2) is 76.5 Å². The fourth-order valence-corrected chi connectivity index (χ4v) is 4.21. The van der Waals surface area contributed by atoms with E-state index in [1.165, 1.54) is 0 Å². The molecule has 1 amide bonds. The number of rotatable bonds is 4. The zero-order valence-corrected chi connectivity index (χ0v) is 16.0. The lowest BCUT2D eigenvalue weighted by molar-refractivity contribution is 0.0715. The van der Waals surface area contributed by atoms with Crippen LogP contribution in [0.4, 0.5) is 5.82 Å². The Bertz CT molecular complexity index is 1000. The minimum atomic E-state index is 0.113. The van der Waals surface area contributed by atoms with E-state index in [2.05, 4.69) is 26.1 Å². The Hall–Kier alpha value is -2.87. The molecule has 0 spiro atoms. The zero-order chi connectivity index (χ0) is 19.1. The summed E-state index contributed by atoms with van der Waals surface area (Å²) in [5.41, 5.74) is 2.64. The second-order valence-corrected chi connectivity index (χ2v) is 7.50. The number of fused-ring (bicyclic) bond motifs is 2. The van der Waals surface area contributed by atoms with Crippen LogP contribution in [0.25, 0.3) is 11.0 Å². The number of anilines is 1. The molecule has 2 aliphatic heterocycles. The van der Waals surface area contributed by atoms with E-state index in [9.17, 15) is 4.79 Å². The highest BCUT2D eigenvalue weighted by molar-refractivity contribution is 5.96. The van der Waals surface area contributed by atoms with Gasteiger partial charge in [0, 0.05) is 59.3 Å². The van der Waals surface area contributed by atoms with Gasteiger partial charge in [0.15, 0.2) is 11.4 Å². The number of hydrogen-bond donors (Lipinski definition) is 0. The van der Waals surface area contributed by atoms with Crippen LogP contribution in [0.5, 0.6) is 0 Å². The number of amides is 1. The largest absolute Gasteiger partial charge is 0.354 e. The van der Waals surface area contributed by atoms with Gasteiger partial charge >= 0.3 is 0 Å². The second kappa shape index (κ2) is 6.94. The van der Waals surface area contributed by atoms with E-state index in [0.29, 0.717) is 0 Å². The van der Waals surface area contributed by atoms with Crippen LogP contribution < -0.4 is 4.90 Å². The van der Waals surface area contributed by atoms with Crippen molar-refractivity contribution in [2.24, 2.45) is 7.05 Å². The fraction of sp³-hybridized carbons (Fsp3) is 0.450. The first-order chi connectivity index (χ1) is 13.7. The van der Waals surface area contributed by atoms with Gasteiger partial charge in [-0.1, -0.05) is 17.3 Å². The normalized spacial score (nSPS) is 18.1. The topological polar surface area (TPSA) is 70.6 Å². The Labute approximate surface area is 163 Å². The monoisotopic (exact) mass is 380 g/mol. The smallest absolute Gasteiger partial charge is 0.257 e. The highest BCUT2D eigenvalue weighted by atomic mass is 16.5. The third kappa shape index (κ3) is 2.93. The van der Waals surface area contributed by atoms with Crippen molar-refractivity contribution in [2.75, 3.05) is 50.7 Å². The van der Waals surface area contributed by atoms with Crippen LogP contribution >= 0.6 is 0 Å². The van der Waals surface area contributed by atoms with E-state index >= 15 is 0 Å². The summed E-state index contributed by atoms with van der Waals surface area (Å²) in [6.07, 6.45) is 2.58. The minimum Gasteiger partial charge on any atom is -0.354 e. The number of para-hydroxylation sites is 1. The molecule has 0 bridgehead atoms. The summed E-state index contributed by atoms with van der Waals surface area (Å²) in [6.45, 7) is 6.18. The van der Waals surface area contributed by atoms with Crippen LogP contribution in [0.3, 0.4) is 0 Å². The Morgan fingerprint density at radius 1 is 1.07 bits per heavy atom. The molecule has 0 unspecified atom stereocenters. The van der Waals surface area contributed by atoms with Crippen LogP contribution in [0.15, 0.2) is 35.0 Å². The van der Waals surface area contributed by atoms with E-state index in [-0.39, 0.29) is 5.91 Å². The summed E-state index contributed by atoms with van der Waals surface area (Å²) in [6, 6.07) is 7.99. The van der Waals surface area contributed by atoms with Crippen molar-refractivity contribution in [2.45, 2.75) is 6.42 Å². The SMILES string of the molecule is Cn1ncc2c1CCN(CCN1CCN(c3noc4ccccc34)CC1)C2=O. The molecule has 3 aromatic rings. The van der Waals surface area contributed by atoms with Gasteiger partial charge < -0.3 is 14.3 Å². The molecule has 146 valence electrons. The van der Waals surface area contributed by atoms with Gasteiger partial charge in [-0.3, -0.25) is 14.4 Å². The van der Waals surface area contributed by atoms with Gasteiger partial charge in [0.25, 0.3) is 5.91 Å². The maximum Gasteiger partial charge on any atom is 0.257 e. The summed E-state index contributed by atoms with van der Waals surface area (Å²) in [5, 5.41) is 9.57. The van der Waals surface area contributed by atoms with E-state index in [0.717, 1.165) is 80.3 Å². The van der Waals surface area contributed by atoms with E-state index in [1.54, 1.807) is 6.20 Å². The summed E-state index contributed by atoms with van der Waals surface area (Å²) >= 11 is 0. The van der Waals surface area contributed by atoms with Gasteiger partial charge in [-0.25, -0.2) is 0 Å². The van der Waals surface area contributed by atoms with Crippen LogP contribution in [0.2, 0.25) is 0 Å². The Kier molecular flexibility index (Phi) is 4.27. The number of benzene rings is 1. The van der Waals surface area contributed by atoms with Gasteiger partial charge in [-0.15, -0.1) is 0 Å². The van der Waals surface area contributed by atoms with Gasteiger partial charge in [-0.05, 0) is 12.1 Å². The van der Waals surface area contributed by atoms with Crippen molar-refractivity contribution < 1.29 is 9.32 Å². The van der Waals surface area contributed by atoms with E-state index in [1.807, 2.05) is 34.8 Å². The summed E-state index contributed by atoms with van der Waals surface area (Å²) in [7, 11) is 1.90. The van der Waals surface area contributed by atoms with Crippen molar-refractivity contribution in [3.63, 3.8) is 0 Å². The van der Waals surface area contributed by atoms with Crippen molar-refractivity contribution in [3.05, 3.63) is 41.7 Å². The Balaban J connectivity index is 1.17. The van der Waals surface area contributed by atoms with Gasteiger partial charge in [0.1, 0.15) is 0 Å². The van der Waals surface area contributed by atoms with Crippen molar-refractivity contribution in [3.8, 4) is 0 Å². The van der Waals surface area contributed by atoms with Crippen molar-refractivity contribution in [1.82, 2.24) is 24.7 Å². The summed E-state index contributed by atoms with van der Waals surface area (Å²) in [4.78, 5) is 19.3. The average molecular weight is 380 g/mol. The minimum absolute atomic E-state index is 0.113. The summed E-state index contributed by atoms with van der Waals surface area (Å²) < 4.78 is 7.26. The molecule has 28 heavy (non-hydrogen) atoms. The van der Waals surface area contributed by atoms with E-state index < -0.39 is 0 Å². The van der Waals surface area contributed by atoms with E-state index in [4.69, 9.17) is 4.52 Å². The molecule has 4 heterocycles. The van der Waals surface area contributed by atoms with Gasteiger partial charge in [0.05, 0.1) is 22.8 Å². The molecule has 0 radical (unpaired) electrons. The molecule has 5 rings (SSSR count). The number of carbonyl (C=O) groups excluding carboxylic acids is 1. The molecule has 1 aromatic carbocycles. The number of aryl methyl sites for hydroxylation is 1. The first kappa shape index (κ1) is 17.2. The molecule has 0 saturated carbocycles. The highest BCUT2D eigenvalue weighted by Gasteiger charge is 2.28. The number of aromatic nitrogens is 3. The quantitative estimate of drug-likeness (QED) is 0.681. The summed E-state index contributed by atoms with van der Waals surface area (Å²) in [5.74, 6) is 1.05. The molecule has 2 aliphatic rings. The maximum atomic E-state index is 12.7. The number of hydrogen-bond acceptors (Lipinski definition) is 6. The predicted molar refractivity (Wildman–Crippen MR) is 105 cm³/mol. The Morgan fingerprint density at radius 3 is 2.75 bits per heavy atom. The van der Waals surface area contributed by atoms with Crippen molar-refractivity contribution >= 4 is 22.7 Å². The highest BCUT2D eigenvalue weighted by Crippen LogP contribution is 2.26. The van der Waals surface area contributed by atoms with Gasteiger partial charge in [0.2, 0.25) is 0 Å². The molecular formula is C20H24N6O2.